The van der Waals surface area contributed by atoms with Crippen molar-refractivity contribution in [3.05, 3.63) is 12.2 Å². The Morgan fingerprint density at radius 2 is 1.06 bits per heavy atom. The minimum absolute atomic E-state index is 0.0582. The maximum Gasteiger partial charge on any atom is 0.362 e. The number of rotatable bonds is 22. The van der Waals surface area contributed by atoms with Crippen LogP contribution in [0.2, 0.25) is 0 Å². The third kappa shape index (κ3) is 18.3. The molecule has 0 heterocycles. The summed E-state index contributed by atoms with van der Waals surface area (Å²) in [4.78, 5) is 19.2. The maximum atomic E-state index is 11.8. The second-order valence-corrected chi connectivity index (χ2v) is 12.6. The second kappa shape index (κ2) is 18.2. The van der Waals surface area contributed by atoms with Crippen LogP contribution in [-0.4, -0.2) is 52.4 Å². The molecule has 0 rings (SSSR count). The van der Waals surface area contributed by atoms with Crippen molar-refractivity contribution in [2.24, 2.45) is 0 Å². The molecule has 1 unspecified atom stereocenters. The highest BCUT2D eigenvalue weighted by Gasteiger charge is 2.48. The van der Waals surface area contributed by atoms with Crippen LogP contribution >= 0.6 is 7.60 Å². The molecule has 1 atom stereocenters. The molecule has 0 bridgehead atoms. The fourth-order valence-electron chi connectivity index (χ4n) is 4.26. The first-order chi connectivity index (χ1) is 15.0. The van der Waals surface area contributed by atoms with E-state index in [0.717, 1.165) is 25.7 Å². The first-order valence-electron chi connectivity index (χ1n) is 13.3. The van der Waals surface area contributed by atoms with Crippen molar-refractivity contribution < 1.29 is 23.9 Å². The predicted octanol–water partition coefficient (Wildman–Crippen LogP) is 7.16. The molecule has 0 spiro atoms. The predicted molar refractivity (Wildman–Crippen MR) is 138 cm³/mol. The van der Waals surface area contributed by atoms with E-state index in [1.54, 1.807) is 0 Å². The summed E-state index contributed by atoms with van der Waals surface area (Å²) in [7, 11) is 0.971. The molecule has 0 aliphatic rings. The Bertz CT molecular complexity index is 512. The van der Waals surface area contributed by atoms with E-state index < -0.39 is 12.9 Å². The number of unbranched alkanes of at least 4 members (excludes halogenated alkanes) is 15. The van der Waals surface area contributed by atoms with E-state index in [-0.39, 0.29) is 13.0 Å². The van der Waals surface area contributed by atoms with E-state index in [1.165, 1.54) is 77.0 Å². The SMILES string of the molecule is CCCCCCCCCCC/C=C\CCCCCCCCC(O)(C[N+](C)(C)C)P(=O)(O)O. The molecule has 5 nitrogen and oxygen atoms in total. The quantitative estimate of drug-likeness (QED) is 0.0670. The standard InChI is InChI=1S/C26H54NO4P/c1-5-6-7-8-9-10-11-12-13-14-15-16-17-18-19-20-21-22-23-24-26(28,32(29,30)31)25-27(2,3)4/h15-16,28H,5-14,17-25H2,1-4H3,(H-,29,30,31)/p+1/b16-15-. The van der Waals surface area contributed by atoms with Crippen molar-refractivity contribution in [1.29, 1.82) is 0 Å². The van der Waals surface area contributed by atoms with Crippen molar-refractivity contribution in [1.82, 2.24) is 0 Å². The van der Waals surface area contributed by atoms with Crippen LogP contribution in [0.25, 0.3) is 0 Å². The average molecular weight is 477 g/mol. The highest BCUT2D eigenvalue weighted by molar-refractivity contribution is 7.53. The van der Waals surface area contributed by atoms with E-state index in [2.05, 4.69) is 19.1 Å². The number of likely N-dealkylation sites (N-methyl/N-ethyl adjacent to an activating group) is 1. The second-order valence-electron chi connectivity index (χ2n) is 10.7. The zero-order valence-electron chi connectivity index (χ0n) is 21.7. The molecule has 192 valence electrons. The molecule has 0 saturated heterocycles. The minimum Gasteiger partial charge on any atom is -0.373 e. The first-order valence-corrected chi connectivity index (χ1v) is 14.9. The van der Waals surface area contributed by atoms with Gasteiger partial charge in [-0.05, 0) is 38.5 Å². The van der Waals surface area contributed by atoms with Crippen LogP contribution in [0.4, 0.5) is 0 Å². The normalized spacial score (nSPS) is 14.8. The number of nitrogens with zero attached hydrogens (tertiary/aromatic N) is 1. The van der Waals surface area contributed by atoms with Gasteiger partial charge in [0.1, 0.15) is 6.54 Å². The summed E-state index contributed by atoms with van der Waals surface area (Å²) < 4.78 is 12.1. The van der Waals surface area contributed by atoms with Crippen LogP contribution in [0.5, 0.6) is 0 Å². The monoisotopic (exact) mass is 476 g/mol. The van der Waals surface area contributed by atoms with Crippen LogP contribution < -0.4 is 0 Å². The Labute approximate surface area is 199 Å². The van der Waals surface area contributed by atoms with Crippen molar-refractivity contribution >= 4 is 7.60 Å². The summed E-state index contributed by atoms with van der Waals surface area (Å²) in [5.74, 6) is 0. The van der Waals surface area contributed by atoms with Gasteiger partial charge in [-0.3, -0.25) is 4.57 Å². The van der Waals surface area contributed by atoms with Gasteiger partial charge in [-0.2, -0.15) is 0 Å². The van der Waals surface area contributed by atoms with E-state index >= 15 is 0 Å². The summed E-state index contributed by atoms with van der Waals surface area (Å²) >= 11 is 0. The summed E-state index contributed by atoms with van der Waals surface area (Å²) in [6.07, 6.45) is 25.8. The van der Waals surface area contributed by atoms with Gasteiger partial charge in [0.2, 0.25) is 5.34 Å². The van der Waals surface area contributed by atoms with Gasteiger partial charge < -0.3 is 19.4 Å². The number of hydrogen-bond acceptors (Lipinski definition) is 2. The summed E-state index contributed by atoms with van der Waals surface area (Å²) in [6, 6.07) is 0. The number of quaternary nitrogens is 1. The summed E-state index contributed by atoms with van der Waals surface area (Å²) in [5.41, 5.74) is 0. The fraction of sp³-hybridized carbons (Fsp3) is 0.923. The van der Waals surface area contributed by atoms with E-state index in [4.69, 9.17) is 0 Å². The number of allylic oxidation sites excluding steroid dienone is 2. The van der Waals surface area contributed by atoms with Crippen LogP contribution in [0.3, 0.4) is 0 Å². The molecule has 32 heavy (non-hydrogen) atoms. The van der Waals surface area contributed by atoms with Crippen molar-refractivity contribution in [3.63, 3.8) is 0 Å². The molecule has 3 N–H and O–H groups in total. The highest BCUT2D eigenvalue weighted by atomic mass is 31.2. The Kier molecular flexibility index (Phi) is 18.1. The minimum atomic E-state index is -4.55. The lowest BCUT2D eigenvalue weighted by Gasteiger charge is -2.35. The third-order valence-electron chi connectivity index (χ3n) is 6.11. The molecule has 0 aliphatic carbocycles. The lowest BCUT2D eigenvalue weighted by atomic mass is 10.0. The Hall–Kier alpha value is -0.190. The average Bonchev–Trinajstić information content (AvgIpc) is 2.67. The number of aliphatic hydroxyl groups is 1. The van der Waals surface area contributed by atoms with Gasteiger partial charge in [-0.25, -0.2) is 0 Å². The smallest absolute Gasteiger partial charge is 0.362 e. The first kappa shape index (κ1) is 31.8. The van der Waals surface area contributed by atoms with Gasteiger partial charge >= 0.3 is 7.60 Å². The zero-order valence-corrected chi connectivity index (χ0v) is 22.6. The van der Waals surface area contributed by atoms with Gasteiger partial charge in [-0.1, -0.05) is 96.1 Å². The van der Waals surface area contributed by atoms with Gasteiger partial charge in [0.25, 0.3) is 0 Å². The van der Waals surface area contributed by atoms with Crippen molar-refractivity contribution in [2.75, 3.05) is 27.7 Å². The molecule has 0 amide bonds. The third-order valence-corrected chi connectivity index (χ3v) is 7.56. The lowest BCUT2D eigenvalue weighted by Crippen LogP contribution is -2.49. The fourth-order valence-corrected chi connectivity index (χ4v) is 5.32. The summed E-state index contributed by atoms with van der Waals surface area (Å²) in [6.45, 7) is 2.33. The maximum absolute atomic E-state index is 11.8. The molecule has 0 aromatic carbocycles. The molecule has 0 aliphatic heterocycles. The van der Waals surface area contributed by atoms with Crippen molar-refractivity contribution in [2.45, 2.75) is 128 Å². The molecule has 0 saturated carbocycles. The zero-order chi connectivity index (χ0) is 24.3. The van der Waals surface area contributed by atoms with E-state index in [1.807, 2.05) is 21.1 Å². The van der Waals surface area contributed by atoms with Crippen molar-refractivity contribution in [3.8, 4) is 0 Å². The van der Waals surface area contributed by atoms with E-state index in [0.29, 0.717) is 10.9 Å². The molecule has 6 heteroatoms. The van der Waals surface area contributed by atoms with Gasteiger partial charge in [0.05, 0.1) is 21.1 Å². The Morgan fingerprint density at radius 3 is 1.44 bits per heavy atom. The molecular weight excluding hydrogens is 421 g/mol. The largest absolute Gasteiger partial charge is 0.373 e. The van der Waals surface area contributed by atoms with Crippen LogP contribution in [0, 0.1) is 0 Å². The topological polar surface area (TPSA) is 77.8 Å². The van der Waals surface area contributed by atoms with Crippen LogP contribution in [0.1, 0.15) is 122 Å². The summed E-state index contributed by atoms with van der Waals surface area (Å²) in [5, 5.41) is 8.63. The van der Waals surface area contributed by atoms with Gasteiger partial charge in [0.15, 0.2) is 0 Å². The van der Waals surface area contributed by atoms with Crippen LogP contribution in [-0.2, 0) is 4.57 Å². The van der Waals surface area contributed by atoms with Gasteiger partial charge in [0, 0.05) is 0 Å². The van der Waals surface area contributed by atoms with Crippen LogP contribution in [0.15, 0.2) is 12.2 Å². The molecule has 0 aromatic heterocycles. The molecular formula is C26H55NO4P+. The Balaban J connectivity index is 3.61. The van der Waals surface area contributed by atoms with E-state index in [9.17, 15) is 19.5 Å². The number of hydrogen-bond donors (Lipinski definition) is 3. The van der Waals surface area contributed by atoms with Gasteiger partial charge in [-0.15, -0.1) is 0 Å². The Morgan fingerprint density at radius 1 is 0.688 bits per heavy atom. The molecule has 0 fully saturated rings. The lowest BCUT2D eigenvalue weighted by molar-refractivity contribution is -0.875. The highest BCUT2D eigenvalue weighted by Crippen LogP contribution is 2.52. The molecule has 0 radical (unpaired) electrons. The molecule has 0 aromatic rings.